The lowest BCUT2D eigenvalue weighted by atomic mass is 9.69. The number of amides is 1. The molecule has 2 saturated carbocycles. The maximum absolute atomic E-state index is 13.5. The third kappa shape index (κ3) is 1.95. The van der Waals surface area contributed by atoms with Gasteiger partial charge >= 0.3 is 0 Å². The van der Waals surface area contributed by atoms with E-state index in [1.807, 2.05) is 13.8 Å². The molecule has 3 saturated heterocycles. The summed E-state index contributed by atoms with van der Waals surface area (Å²) in [6.07, 6.45) is 3.69. The fourth-order valence-electron chi connectivity index (χ4n) is 7.06. The first-order valence-corrected chi connectivity index (χ1v) is 11.5. The molecule has 6 nitrogen and oxygen atoms in total. The molecule has 0 aromatic rings. The minimum atomic E-state index is -3.57. The van der Waals surface area contributed by atoms with Crippen LogP contribution >= 0.6 is 0 Å². The molecule has 7 heteroatoms. The van der Waals surface area contributed by atoms with Crippen LogP contribution in [0.15, 0.2) is 0 Å². The highest BCUT2D eigenvalue weighted by Gasteiger charge is 2.73. The zero-order valence-corrected chi connectivity index (χ0v) is 16.8. The molecular weight excluding hydrogens is 354 g/mol. The standard InChI is InChI=1S/C19H29NO5S/c1-11-7-14-13(9-18(4,24-11)25-14)16(21)20-15-8-12-5-6-19(15,17(12,2)3)10-26(20,22)23/h11-15H,5-10H2,1-4H3/t11-,12-,13-,14+,15-,18+,19-/m1/s1. The maximum Gasteiger partial charge on any atom is 0.242 e. The molecular formula is C19H29NO5S. The highest BCUT2D eigenvalue weighted by atomic mass is 32.2. The van der Waals surface area contributed by atoms with E-state index in [0.29, 0.717) is 18.8 Å². The minimum Gasteiger partial charge on any atom is -0.347 e. The molecule has 5 aliphatic rings. The summed E-state index contributed by atoms with van der Waals surface area (Å²) in [5.41, 5.74) is -0.292. The number of nitrogens with zero attached hydrogens (tertiary/aromatic N) is 1. The third-order valence-electron chi connectivity index (χ3n) is 8.40. The second-order valence-corrected chi connectivity index (χ2v) is 11.9. The van der Waals surface area contributed by atoms with Crippen molar-refractivity contribution >= 4 is 15.9 Å². The molecule has 146 valence electrons. The summed E-state index contributed by atoms with van der Waals surface area (Å²) < 4.78 is 39.4. The molecule has 2 aliphatic carbocycles. The molecule has 0 aromatic carbocycles. The van der Waals surface area contributed by atoms with Crippen molar-refractivity contribution in [3.63, 3.8) is 0 Å². The molecule has 0 N–H and O–H groups in total. The van der Waals surface area contributed by atoms with Crippen LogP contribution in [-0.2, 0) is 24.3 Å². The van der Waals surface area contributed by atoms with Crippen LogP contribution in [0.4, 0.5) is 0 Å². The number of rotatable bonds is 1. The van der Waals surface area contributed by atoms with E-state index in [4.69, 9.17) is 9.47 Å². The summed E-state index contributed by atoms with van der Waals surface area (Å²) in [5, 5.41) is 0. The molecule has 1 spiro atoms. The molecule has 3 heterocycles. The first-order chi connectivity index (χ1) is 12.0. The zero-order chi connectivity index (χ0) is 18.7. The summed E-state index contributed by atoms with van der Waals surface area (Å²) >= 11 is 0. The van der Waals surface area contributed by atoms with Gasteiger partial charge in [-0.3, -0.25) is 4.79 Å². The van der Waals surface area contributed by atoms with E-state index >= 15 is 0 Å². The van der Waals surface area contributed by atoms with Crippen LogP contribution in [0.2, 0.25) is 0 Å². The van der Waals surface area contributed by atoms with E-state index in [1.165, 1.54) is 4.31 Å². The average molecular weight is 384 g/mol. The quantitative estimate of drug-likeness (QED) is 0.695. The Balaban J connectivity index is 1.50. The minimum absolute atomic E-state index is 0.0224. The molecule has 1 amide bonds. The van der Waals surface area contributed by atoms with Gasteiger partial charge in [0.15, 0.2) is 5.79 Å². The third-order valence-corrected chi connectivity index (χ3v) is 10.3. The van der Waals surface area contributed by atoms with E-state index in [-0.39, 0.29) is 40.7 Å². The second kappa shape index (κ2) is 4.84. The highest BCUT2D eigenvalue weighted by Crippen LogP contribution is 2.70. The first-order valence-electron chi connectivity index (χ1n) is 9.91. The van der Waals surface area contributed by atoms with Crippen LogP contribution in [0.1, 0.15) is 59.8 Å². The van der Waals surface area contributed by atoms with Crippen LogP contribution < -0.4 is 0 Å². The average Bonchev–Trinajstić information content (AvgIpc) is 3.07. The molecule has 0 aromatic heterocycles. The van der Waals surface area contributed by atoms with Gasteiger partial charge < -0.3 is 9.47 Å². The number of hydrogen-bond donors (Lipinski definition) is 0. The lowest BCUT2D eigenvalue weighted by Gasteiger charge is -2.37. The summed E-state index contributed by atoms with van der Waals surface area (Å²) in [5.74, 6) is -0.794. The van der Waals surface area contributed by atoms with Gasteiger partial charge in [-0.25, -0.2) is 12.7 Å². The van der Waals surface area contributed by atoms with Gasteiger partial charge in [0, 0.05) is 18.3 Å². The number of carbonyl (C=O) groups is 1. The summed E-state index contributed by atoms with van der Waals surface area (Å²) in [6.45, 7) is 8.26. The Bertz CT molecular complexity index is 779. The Morgan fingerprint density at radius 2 is 1.88 bits per heavy atom. The van der Waals surface area contributed by atoms with E-state index in [2.05, 4.69) is 13.8 Å². The van der Waals surface area contributed by atoms with Crippen LogP contribution in [-0.4, -0.2) is 48.4 Å². The van der Waals surface area contributed by atoms with Crippen LogP contribution in [0.25, 0.3) is 0 Å². The van der Waals surface area contributed by atoms with E-state index < -0.39 is 21.7 Å². The van der Waals surface area contributed by atoms with Crippen LogP contribution in [0, 0.1) is 22.7 Å². The van der Waals surface area contributed by atoms with Gasteiger partial charge in [-0.2, -0.15) is 0 Å². The van der Waals surface area contributed by atoms with Gasteiger partial charge in [-0.1, -0.05) is 13.8 Å². The van der Waals surface area contributed by atoms with Crippen molar-refractivity contribution in [2.45, 2.75) is 83.8 Å². The van der Waals surface area contributed by atoms with Crippen LogP contribution in [0.5, 0.6) is 0 Å². The number of carbonyl (C=O) groups excluding carboxylic acids is 1. The monoisotopic (exact) mass is 383 g/mol. The molecule has 7 atom stereocenters. The Hall–Kier alpha value is -0.660. The van der Waals surface area contributed by atoms with Crippen LogP contribution in [0.3, 0.4) is 0 Å². The molecule has 4 bridgehead atoms. The largest absolute Gasteiger partial charge is 0.347 e. The van der Waals surface area contributed by atoms with Gasteiger partial charge in [0.25, 0.3) is 0 Å². The molecule has 0 radical (unpaired) electrons. The zero-order valence-electron chi connectivity index (χ0n) is 16.0. The molecule has 26 heavy (non-hydrogen) atoms. The fraction of sp³-hybridized carbons (Fsp3) is 0.947. The number of ether oxygens (including phenoxy) is 2. The molecule has 3 aliphatic heterocycles. The number of fused-ring (bicyclic) bond motifs is 3. The van der Waals surface area contributed by atoms with E-state index in [9.17, 15) is 13.2 Å². The first kappa shape index (κ1) is 17.4. The predicted octanol–water partition coefficient (Wildman–Crippen LogP) is 2.28. The van der Waals surface area contributed by atoms with Gasteiger partial charge in [-0.05, 0) is 44.4 Å². The number of sulfonamides is 1. The maximum atomic E-state index is 13.5. The Morgan fingerprint density at radius 1 is 1.15 bits per heavy atom. The Labute approximate surface area is 155 Å². The van der Waals surface area contributed by atoms with Crippen molar-refractivity contribution in [1.29, 1.82) is 0 Å². The van der Waals surface area contributed by atoms with E-state index in [1.54, 1.807) is 0 Å². The molecule has 5 rings (SSSR count). The Kier molecular flexibility index (Phi) is 3.25. The van der Waals surface area contributed by atoms with Crippen molar-refractivity contribution in [3.8, 4) is 0 Å². The van der Waals surface area contributed by atoms with Crippen molar-refractivity contribution < 1.29 is 22.7 Å². The van der Waals surface area contributed by atoms with Crippen molar-refractivity contribution in [2.24, 2.45) is 22.7 Å². The molecule has 5 fully saturated rings. The topological polar surface area (TPSA) is 72.9 Å². The van der Waals surface area contributed by atoms with Gasteiger partial charge in [0.1, 0.15) is 0 Å². The lowest BCUT2D eigenvalue weighted by molar-refractivity contribution is -0.272. The summed E-state index contributed by atoms with van der Waals surface area (Å²) in [4.78, 5) is 13.5. The SMILES string of the molecule is C[C@@H]1C[C@@H]2O[C@@](C)(C[C@H]2C(=O)N2[C@@H]3C[C@H]4CC[C@]3(CS2(=O)=O)C4(C)C)O1. The molecule has 0 unspecified atom stereocenters. The van der Waals surface area contributed by atoms with Gasteiger partial charge in [0.2, 0.25) is 15.9 Å². The second-order valence-electron chi connectivity index (χ2n) is 10.0. The number of hydrogen-bond acceptors (Lipinski definition) is 5. The smallest absolute Gasteiger partial charge is 0.242 e. The predicted molar refractivity (Wildman–Crippen MR) is 94.5 cm³/mol. The normalized spacial score (nSPS) is 53.1. The summed E-state index contributed by atoms with van der Waals surface area (Å²) in [6, 6.07) is -0.166. The van der Waals surface area contributed by atoms with E-state index in [0.717, 1.165) is 19.3 Å². The summed E-state index contributed by atoms with van der Waals surface area (Å²) in [7, 11) is -3.57. The van der Waals surface area contributed by atoms with Crippen molar-refractivity contribution in [1.82, 2.24) is 4.31 Å². The highest BCUT2D eigenvalue weighted by molar-refractivity contribution is 7.90. The fourth-order valence-corrected chi connectivity index (χ4v) is 9.64. The van der Waals surface area contributed by atoms with Crippen molar-refractivity contribution in [3.05, 3.63) is 0 Å². The van der Waals surface area contributed by atoms with Crippen molar-refractivity contribution in [2.75, 3.05) is 5.75 Å². The lowest BCUT2D eigenvalue weighted by Crippen LogP contribution is -2.47. The van der Waals surface area contributed by atoms with Gasteiger partial charge in [-0.15, -0.1) is 0 Å². The van der Waals surface area contributed by atoms with Gasteiger partial charge in [0.05, 0.1) is 29.9 Å². The Morgan fingerprint density at radius 3 is 2.58 bits per heavy atom.